The van der Waals surface area contributed by atoms with E-state index in [4.69, 9.17) is 10.9 Å². The fourth-order valence-corrected chi connectivity index (χ4v) is 2.29. The van der Waals surface area contributed by atoms with Gasteiger partial charge in [-0.05, 0) is 37.0 Å². The molecule has 0 bridgehead atoms. The molecule has 4 nitrogen and oxygen atoms in total. The Morgan fingerprint density at radius 2 is 2.11 bits per heavy atom. The van der Waals surface area contributed by atoms with Crippen molar-refractivity contribution in [2.45, 2.75) is 19.8 Å². The molecule has 18 heavy (non-hydrogen) atoms. The van der Waals surface area contributed by atoms with E-state index in [-0.39, 0.29) is 11.7 Å². The lowest BCUT2D eigenvalue weighted by Gasteiger charge is -2.33. The molecule has 3 N–H and O–H groups in total. The zero-order chi connectivity index (χ0) is 13.1. The maximum Gasteiger partial charge on any atom is 0.172 e. The topological polar surface area (TPSA) is 61.8 Å². The largest absolute Gasteiger partial charge is 0.409 e. The molecule has 98 valence electrons. The number of piperidine rings is 1. The zero-order valence-corrected chi connectivity index (χ0v) is 10.4. The van der Waals surface area contributed by atoms with Gasteiger partial charge in [-0.3, -0.25) is 0 Å². The lowest BCUT2D eigenvalue weighted by atomic mass is 9.98. The normalized spacial score (nSPS) is 18.1. The Labute approximate surface area is 106 Å². The van der Waals surface area contributed by atoms with Crippen LogP contribution < -0.4 is 10.6 Å². The molecule has 1 aromatic carbocycles. The van der Waals surface area contributed by atoms with Gasteiger partial charge in [-0.15, -0.1) is 0 Å². The summed E-state index contributed by atoms with van der Waals surface area (Å²) in [5.41, 5.74) is 6.89. The number of hydrogen-bond acceptors (Lipinski definition) is 3. The summed E-state index contributed by atoms with van der Waals surface area (Å²) in [7, 11) is 0. The summed E-state index contributed by atoms with van der Waals surface area (Å²) in [6, 6.07) is 4.41. The number of rotatable bonds is 2. The fraction of sp³-hybridized carbons (Fsp3) is 0.462. The van der Waals surface area contributed by atoms with Crippen LogP contribution in [0.4, 0.5) is 10.1 Å². The Morgan fingerprint density at radius 3 is 2.72 bits per heavy atom. The molecule has 2 rings (SSSR count). The second-order valence-electron chi connectivity index (χ2n) is 4.82. The van der Waals surface area contributed by atoms with Gasteiger partial charge in [-0.1, -0.05) is 12.1 Å². The van der Waals surface area contributed by atoms with Crippen LogP contribution in [-0.4, -0.2) is 24.1 Å². The number of anilines is 1. The molecule has 0 aliphatic carbocycles. The number of amidine groups is 1. The number of halogens is 1. The van der Waals surface area contributed by atoms with E-state index >= 15 is 0 Å². The molecule has 0 unspecified atom stereocenters. The smallest absolute Gasteiger partial charge is 0.172 e. The number of benzene rings is 1. The van der Waals surface area contributed by atoms with Crippen molar-refractivity contribution >= 4 is 11.5 Å². The predicted octanol–water partition coefficient (Wildman–Crippen LogP) is 2.16. The predicted molar refractivity (Wildman–Crippen MR) is 69.5 cm³/mol. The van der Waals surface area contributed by atoms with Crippen molar-refractivity contribution in [3.63, 3.8) is 0 Å². The Morgan fingerprint density at radius 1 is 1.44 bits per heavy atom. The summed E-state index contributed by atoms with van der Waals surface area (Å²) in [6.45, 7) is 4.06. The standard InChI is InChI=1S/C13H18FN3O/c1-9-4-6-17(7-5-9)12-3-2-10(14)8-11(12)13(15)16-18/h2-3,8-9,18H,4-7H2,1H3,(H2,15,16). The maximum absolute atomic E-state index is 13.3. The third kappa shape index (κ3) is 2.55. The van der Waals surface area contributed by atoms with Gasteiger partial charge in [0.2, 0.25) is 0 Å². The van der Waals surface area contributed by atoms with Gasteiger partial charge in [-0.2, -0.15) is 0 Å². The van der Waals surface area contributed by atoms with E-state index < -0.39 is 0 Å². The molecule has 1 saturated heterocycles. The third-order valence-corrected chi connectivity index (χ3v) is 3.47. The van der Waals surface area contributed by atoms with E-state index in [1.54, 1.807) is 6.07 Å². The number of oxime groups is 1. The van der Waals surface area contributed by atoms with E-state index in [0.29, 0.717) is 11.5 Å². The molecular formula is C13H18FN3O. The van der Waals surface area contributed by atoms with Crippen LogP contribution in [0.2, 0.25) is 0 Å². The molecule has 0 amide bonds. The Bertz CT molecular complexity index is 454. The van der Waals surface area contributed by atoms with Crippen molar-refractivity contribution in [2.24, 2.45) is 16.8 Å². The van der Waals surface area contributed by atoms with Crippen molar-refractivity contribution in [3.05, 3.63) is 29.6 Å². The van der Waals surface area contributed by atoms with Gasteiger partial charge in [0, 0.05) is 24.3 Å². The lowest BCUT2D eigenvalue weighted by Crippen LogP contribution is -2.34. The molecule has 0 radical (unpaired) electrons. The second kappa shape index (κ2) is 5.25. The molecule has 5 heteroatoms. The first-order valence-corrected chi connectivity index (χ1v) is 6.14. The average Bonchev–Trinajstić information content (AvgIpc) is 2.39. The molecule has 1 aromatic rings. The highest BCUT2D eigenvalue weighted by atomic mass is 19.1. The minimum atomic E-state index is -0.384. The zero-order valence-electron chi connectivity index (χ0n) is 10.4. The summed E-state index contributed by atoms with van der Waals surface area (Å²) >= 11 is 0. The first-order chi connectivity index (χ1) is 8.61. The summed E-state index contributed by atoms with van der Waals surface area (Å²) in [4.78, 5) is 2.16. The van der Waals surface area contributed by atoms with Crippen LogP contribution in [-0.2, 0) is 0 Å². The molecule has 0 aromatic heterocycles. The number of nitrogens with two attached hydrogens (primary N) is 1. The molecule has 0 saturated carbocycles. The molecule has 0 spiro atoms. The van der Waals surface area contributed by atoms with Crippen molar-refractivity contribution in [3.8, 4) is 0 Å². The van der Waals surface area contributed by atoms with E-state index in [2.05, 4.69) is 17.0 Å². The summed E-state index contributed by atoms with van der Waals surface area (Å²) < 4.78 is 13.3. The highest BCUT2D eigenvalue weighted by Gasteiger charge is 2.20. The van der Waals surface area contributed by atoms with Crippen LogP contribution in [0, 0.1) is 11.7 Å². The van der Waals surface area contributed by atoms with Crippen molar-refractivity contribution in [1.82, 2.24) is 0 Å². The second-order valence-corrected chi connectivity index (χ2v) is 4.82. The number of nitrogens with zero attached hydrogens (tertiary/aromatic N) is 2. The first kappa shape index (κ1) is 12.7. The monoisotopic (exact) mass is 251 g/mol. The molecule has 0 atom stereocenters. The Kier molecular flexibility index (Phi) is 3.69. The van der Waals surface area contributed by atoms with E-state index in [1.165, 1.54) is 12.1 Å². The van der Waals surface area contributed by atoms with Gasteiger partial charge in [0.25, 0.3) is 0 Å². The van der Waals surface area contributed by atoms with Gasteiger partial charge in [0.1, 0.15) is 5.82 Å². The molecule has 1 aliphatic heterocycles. The van der Waals surface area contributed by atoms with Crippen LogP contribution in [0.15, 0.2) is 23.4 Å². The quantitative estimate of drug-likeness (QED) is 0.366. The third-order valence-electron chi connectivity index (χ3n) is 3.47. The van der Waals surface area contributed by atoms with Gasteiger partial charge >= 0.3 is 0 Å². The van der Waals surface area contributed by atoms with Crippen LogP contribution >= 0.6 is 0 Å². The van der Waals surface area contributed by atoms with E-state index in [1.807, 2.05) is 0 Å². The van der Waals surface area contributed by atoms with Crippen LogP contribution in [0.25, 0.3) is 0 Å². The lowest BCUT2D eigenvalue weighted by molar-refractivity contribution is 0.318. The molecule has 1 aliphatic rings. The Balaban J connectivity index is 2.32. The molecule has 1 heterocycles. The SMILES string of the molecule is CC1CCN(c2ccc(F)cc2C(N)=NO)CC1. The maximum atomic E-state index is 13.3. The Hall–Kier alpha value is -1.78. The summed E-state index contributed by atoms with van der Waals surface area (Å²) in [5.74, 6) is 0.280. The van der Waals surface area contributed by atoms with E-state index in [9.17, 15) is 4.39 Å². The van der Waals surface area contributed by atoms with Crippen molar-refractivity contribution in [1.29, 1.82) is 0 Å². The van der Waals surface area contributed by atoms with Crippen molar-refractivity contribution < 1.29 is 9.60 Å². The highest BCUT2D eigenvalue weighted by Crippen LogP contribution is 2.26. The van der Waals surface area contributed by atoms with E-state index in [0.717, 1.165) is 31.6 Å². The first-order valence-electron chi connectivity index (χ1n) is 6.14. The van der Waals surface area contributed by atoms with Crippen molar-refractivity contribution in [2.75, 3.05) is 18.0 Å². The van der Waals surface area contributed by atoms with Gasteiger partial charge in [0.15, 0.2) is 5.84 Å². The van der Waals surface area contributed by atoms with Crippen LogP contribution in [0.1, 0.15) is 25.3 Å². The minimum absolute atomic E-state index is 0.0527. The van der Waals surface area contributed by atoms with Crippen LogP contribution in [0.5, 0.6) is 0 Å². The number of hydrogen-bond donors (Lipinski definition) is 2. The highest BCUT2D eigenvalue weighted by molar-refractivity contribution is 6.02. The fourth-order valence-electron chi connectivity index (χ4n) is 2.29. The molecule has 1 fully saturated rings. The van der Waals surface area contributed by atoms with Gasteiger partial charge < -0.3 is 15.8 Å². The summed E-state index contributed by atoms with van der Waals surface area (Å²) in [6.07, 6.45) is 2.21. The van der Waals surface area contributed by atoms with Gasteiger partial charge in [-0.25, -0.2) is 4.39 Å². The van der Waals surface area contributed by atoms with Crippen LogP contribution in [0.3, 0.4) is 0 Å². The molecular weight excluding hydrogens is 233 g/mol. The summed E-state index contributed by atoms with van der Waals surface area (Å²) in [5, 5.41) is 11.7. The minimum Gasteiger partial charge on any atom is -0.409 e. The average molecular weight is 251 g/mol. The van der Waals surface area contributed by atoms with Gasteiger partial charge in [0.05, 0.1) is 0 Å².